The van der Waals surface area contributed by atoms with E-state index < -0.39 is 0 Å². The van der Waals surface area contributed by atoms with Crippen LogP contribution in [0.3, 0.4) is 0 Å². The number of halogens is 2. The van der Waals surface area contributed by atoms with Crippen molar-refractivity contribution in [3.8, 4) is 0 Å². The summed E-state index contributed by atoms with van der Waals surface area (Å²) in [5.41, 5.74) is 6.65. The van der Waals surface area contributed by atoms with E-state index in [-0.39, 0.29) is 16.9 Å². The largest absolute Gasteiger partial charge is 0.329 e. The molecule has 1 atom stereocenters. The molecule has 0 aliphatic heterocycles. The summed E-state index contributed by atoms with van der Waals surface area (Å²) in [5, 5.41) is 0.149. The minimum absolute atomic E-state index is 0.0316. The highest BCUT2D eigenvalue weighted by molar-refractivity contribution is 6.30. The molecule has 0 saturated carbocycles. The fourth-order valence-electron chi connectivity index (χ4n) is 1.99. The van der Waals surface area contributed by atoms with Crippen LogP contribution >= 0.6 is 11.6 Å². The molecule has 17 heavy (non-hydrogen) atoms. The Morgan fingerprint density at radius 1 is 1.41 bits per heavy atom. The zero-order valence-electron chi connectivity index (χ0n) is 10.6. The van der Waals surface area contributed by atoms with E-state index in [1.165, 1.54) is 6.07 Å². The van der Waals surface area contributed by atoms with Crippen LogP contribution in [0.1, 0.15) is 25.5 Å². The SMILES string of the molecule is CC(C)CN(C)C(CN)c1ccc(Cl)c(F)c1. The second-order valence-corrected chi connectivity index (χ2v) is 5.17. The second kappa shape index (κ2) is 6.34. The molecule has 0 aromatic heterocycles. The minimum atomic E-state index is -0.388. The van der Waals surface area contributed by atoms with E-state index in [1.54, 1.807) is 6.07 Å². The summed E-state index contributed by atoms with van der Waals surface area (Å²) in [6, 6.07) is 4.92. The molecule has 0 bridgehead atoms. The second-order valence-electron chi connectivity index (χ2n) is 4.76. The van der Waals surface area contributed by atoms with E-state index in [0.29, 0.717) is 12.5 Å². The van der Waals surface area contributed by atoms with Gasteiger partial charge in [-0.2, -0.15) is 0 Å². The maximum Gasteiger partial charge on any atom is 0.142 e. The lowest BCUT2D eigenvalue weighted by atomic mass is 10.0. The van der Waals surface area contributed by atoms with E-state index in [1.807, 2.05) is 13.1 Å². The van der Waals surface area contributed by atoms with E-state index in [0.717, 1.165) is 12.1 Å². The lowest BCUT2D eigenvalue weighted by molar-refractivity contribution is 0.223. The monoisotopic (exact) mass is 258 g/mol. The Bertz CT molecular complexity index is 368. The van der Waals surface area contributed by atoms with Gasteiger partial charge in [-0.25, -0.2) is 4.39 Å². The van der Waals surface area contributed by atoms with Crippen molar-refractivity contribution in [2.24, 2.45) is 11.7 Å². The Morgan fingerprint density at radius 3 is 2.53 bits per heavy atom. The maximum absolute atomic E-state index is 13.4. The van der Waals surface area contributed by atoms with Crippen molar-refractivity contribution in [3.05, 3.63) is 34.6 Å². The van der Waals surface area contributed by atoms with Crippen LogP contribution in [0.25, 0.3) is 0 Å². The van der Waals surface area contributed by atoms with Gasteiger partial charge in [0.1, 0.15) is 5.82 Å². The molecule has 1 rings (SSSR count). The van der Waals surface area contributed by atoms with Gasteiger partial charge in [0.2, 0.25) is 0 Å². The normalized spacial score (nSPS) is 13.4. The first-order valence-corrected chi connectivity index (χ1v) is 6.18. The van der Waals surface area contributed by atoms with Crippen LogP contribution in [0.2, 0.25) is 5.02 Å². The smallest absolute Gasteiger partial charge is 0.142 e. The van der Waals surface area contributed by atoms with Crippen LogP contribution in [-0.4, -0.2) is 25.0 Å². The van der Waals surface area contributed by atoms with E-state index >= 15 is 0 Å². The molecular formula is C13H20ClFN2. The van der Waals surface area contributed by atoms with E-state index in [9.17, 15) is 4.39 Å². The molecule has 0 heterocycles. The molecule has 1 unspecified atom stereocenters. The Labute approximate surface area is 108 Å². The first kappa shape index (κ1) is 14.4. The van der Waals surface area contributed by atoms with Crippen molar-refractivity contribution in [2.75, 3.05) is 20.1 Å². The molecule has 0 aliphatic rings. The highest BCUT2D eigenvalue weighted by atomic mass is 35.5. The third-order valence-corrected chi connectivity index (χ3v) is 3.04. The lowest BCUT2D eigenvalue weighted by Crippen LogP contribution is -2.33. The van der Waals surface area contributed by atoms with Gasteiger partial charge in [0.15, 0.2) is 0 Å². The van der Waals surface area contributed by atoms with Crippen LogP contribution in [0.4, 0.5) is 4.39 Å². The van der Waals surface area contributed by atoms with Gasteiger partial charge in [0.05, 0.1) is 5.02 Å². The summed E-state index contributed by atoms with van der Waals surface area (Å²) in [6.07, 6.45) is 0. The Hall–Kier alpha value is -0.640. The molecule has 96 valence electrons. The zero-order valence-corrected chi connectivity index (χ0v) is 11.3. The van der Waals surface area contributed by atoms with Gasteiger partial charge in [-0.15, -0.1) is 0 Å². The number of likely N-dealkylation sites (N-methyl/N-ethyl adjacent to an activating group) is 1. The number of rotatable bonds is 5. The molecule has 1 aromatic rings. The summed E-state index contributed by atoms with van der Waals surface area (Å²) in [6.45, 7) is 5.68. The Kier molecular flexibility index (Phi) is 5.37. The van der Waals surface area contributed by atoms with Gasteiger partial charge < -0.3 is 5.73 Å². The first-order valence-electron chi connectivity index (χ1n) is 5.81. The molecule has 1 aromatic carbocycles. The molecule has 0 amide bonds. The molecule has 2 nitrogen and oxygen atoms in total. The van der Waals surface area contributed by atoms with E-state index in [4.69, 9.17) is 17.3 Å². The number of hydrogen-bond acceptors (Lipinski definition) is 2. The quantitative estimate of drug-likeness (QED) is 0.880. The molecule has 0 radical (unpaired) electrons. The van der Waals surface area contributed by atoms with Crippen LogP contribution in [0.5, 0.6) is 0 Å². The molecule has 0 spiro atoms. The number of benzene rings is 1. The van der Waals surface area contributed by atoms with Gasteiger partial charge in [0.25, 0.3) is 0 Å². The van der Waals surface area contributed by atoms with Crippen LogP contribution in [-0.2, 0) is 0 Å². The molecular weight excluding hydrogens is 239 g/mol. The summed E-state index contributed by atoms with van der Waals surface area (Å²) in [5.74, 6) is 0.159. The number of hydrogen-bond donors (Lipinski definition) is 1. The highest BCUT2D eigenvalue weighted by Crippen LogP contribution is 2.23. The summed E-state index contributed by atoms with van der Waals surface area (Å²) < 4.78 is 13.4. The van der Waals surface area contributed by atoms with Crippen molar-refractivity contribution in [1.29, 1.82) is 0 Å². The molecule has 0 aliphatic carbocycles. The Balaban J connectivity index is 2.89. The fourth-order valence-corrected chi connectivity index (χ4v) is 2.11. The van der Waals surface area contributed by atoms with E-state index in [2.05, 4.69) is 18.7 Å². The van der Waals surface area contributed by atoms with Crippen LogP contribution < -0.4 is 5.73 Å². The number of nitrogens with zero attached hydrogens (tertiary/aromatic N) is 1. The lowest BCUT2D eigenvalue weighted by Gasteiger charge is -2.28. The topological polar surface area (TPSA) is 29.3 Å². The Morgan fingerprint density at radius 2 is 2.06 bits per heavy atom. The van der Waals surface area contributed by atoms with Crippen molar-refractivity contribution in [3.63, 3.8) is 0 Å². The molecule has 2 N–H and O–H groups in total. The number of nitrogens with two attached hydrogens (primary N) is 1. The predicted molar refractivity (Wildman–Crippen MR) is 70.7 cm³/mol. The fraction of sp³-hybridized carbons (Fsp3) is 0.538. The molecule has 4 heteroatoms. The van der Waals surface area contributed by atoms with Crippen molar-refractivity contribution in [1.82, 2.24) is 4.90 Å². The summed E-state index contributed by atoms with van der Waals surface area (Å²) in [4.78, 5) is 2.15. The van der Waals surface area contributed by atoms with Crippen molar-refractivity contribution in [2.45, 2.75) is 19.9 Å². The molecule has 0 fully saturated rings. The van der Waals surface area contributed by atoms with Gasteiger partial charge >= 0.3 is 0 Å². The third-order valence-electron chi connectivity index (χ3n) is 2.74. The summed E-state index contributed by atoms with van der Waals surface area (Å²) >= 11 is 5.67. The molecule has 0 saturated heterocycles. The first-order chi connectivity index (χ1) is 7.95. The average molecular weight is 259 g/mol. The predicted octanol–water partition coefficient (Wildman–Crippen LogP) is 3.07. The standard InChI is InChI=1S/C13H20ClFN2/c1-9(2)8-17(3)13(7-16)10-4-5-11(14)12(15)6-10/h4-6,9,13H,7-8,16H2,1-3H3. The van der Waals surface area contributed by atoms with Crippen molar-refractivity contribution >= 4 is 11.6 Å². The van der Waals surface area contributed by atoms with Gasteiger partial charge in [-0.3, -0.25) is 4.90 Å². The van der Waals surface area contributed by atoms with Gasteiger partial charge in [0, 0.05) is 19.1 Å². The average Bonchev–Trinajstić information content (AvgIpc) is 2.23. The van der Waals surface area contributed by atoms with Gasteiger partial charge in [-0.1, -0.05) is 31.5 Å². The van der Waals surface area contributed by atoms with Crippen molar-refractivity contribution < 1.29 is 4.39 Å². The maximum atomic E-state index is 13.4. The van der Waals surface area contributed by atoms with Gasteiger partial charge in [-0.05, 0) is 30.7 Å². The summed E-state index contributed by atoms with van der Waals surface area (Å²) in [7, 11) is 2.00. The van der Waals surface area contributed by atoms with Crippen LogP contribution in [0, 0.1) is 11.7 Å². The highest BCUT2D eigenvalue weighted by Gasteiger charge is 2.17. The minimum Gasteiger partial charge on any atom is -0.329 e. The van der Waals surface area contributed by atoms with Crippen LogP contribution in [0.15, 0.2) is 18.2 Å². The third kappa shape index (κ3) is 3.95. The zero-order chi connectivity index (χ0) is 13.0.